The topological polar surface area (TPSA) is 60.6 Å². The molecule has 4 heteroatoms. The van der Waals surface area contributed by atoms with Crippen LogP contribution in [0.4, 0.5) is 0 Å². The van der Waals surface area contributed by atoms with E-state index in [0.29, 0.717) is 5.75 Å². The van der Waals surface area contributed by atoms with Gasteiger partial charge in [0.05, 0.1) is 11.0 Å². The SMILES string of the molecule is CCS(=O)NC.O. The minimum atomic E-state index is -0.784. The minimum Gasteiger partial charge on any atom is -0.412 e. The fourth-order valence-electron chi connectivity index (χ4n) is 0.144. The molecule has 0 radical (unpaired) electrons. The first-order valence-corrected chi connectivity index (χ1v) is 3.19. The predicted molar refractivity (Wildman–Crippen MR) is 31.4 cm³/mol. The second-order valence-corrected chi connectivity index (χ2v) is 2.51. The highest BCUT2D eigenvalue weighted by Gasteiger charge is 1.81. The Kier molecular flexibility index (Phi) is 8.79. The van der Waals surface area contributed by atoms with Crippen LogP contribution in [0.5, 0.6) is 0 Å². The van der Waals surface area contributed by atoms with Gasteiger partial charge in [0.2, 0.25) is 0 Å². The Balaban J connectivity index is 0. The molecule has 0 bridgehead atoms. The van der Waals surface area contributed by atoms with E-state index in [-0.39, 0.29) is 5.48 Å². The first kappa shape index (κ1) is 10.1. The predicted octanol–water partition coefficient (Wildman–Crippen LogP) is -0.935. The summed E-state index contributed by atoms with van der Waals surface area (Å²) in [7, 11) is 0.896. The molecule has 0 aliphatic heterocycles. The molecule has 0 aliphatic rings. The van der Waals surface area contributed by atoms with Gasteiger partial charge in [0, 0.05) is 5.75 Å². The van der Waals surface area contributed by atoms with Crippen molar-refractivity contribution in [2.75, 3.05) is 12.8 Å². The minimum absolute atomic E-state index is 0. The van der Waals surface area contributed by atoms with Crippen LogP contribution in [0.25, 0.3) is 0 Å². The van der Waals surface area contributed by atoms with Gasteiger partial charge in [-0.05, 0) is 7.05 Å². The molecule has 0 fully saturated rings. The average Bonchev–Trinajstić information content (AvgIpc) is 1.65. The number of rotatable bonds is 2. The molecule has 46 valence electrons. The first-order chi connectivity index (χ1) is 2.81. The van der Waals surface area contributed by atoms with E-state index >= 15 is 0 Å². The summed E-state index contributed by atoms with van der Waals surface area (Å²) in [4.78, 5) is 0. The fraction of sp³-hybridized carbons (Fsp3) is 1.00. The highest BCUT2D eigenvalue weighted by molar-refractivity contribution is 7.82. The van der Waals surface area contributed by atoms with E-state index < -0.39 is 11.0 Å². The number of hydrogen-bond donors (Lipinski definition) is 1. The summed E-state index contributed by atoms with van der Waals surface area (Å²) >= 11 is 0. The van der Waals surface area contributed by atoms with Gasteiger partial charge >= 0.3 is 0 Å². The molecule has 1 unspecified atom stereocenters. The summed E-state index contributed by atoms with van der Waals surface area (Å²) in [5, 5.41) is 0. The van der Waals surface area contributed by atoms with Crippen LogP contribution in [-0.2, 0) is 11.0 Å². The van der Waals surface area contributed by atoms with Crippen molar-refractivity contribution in [1.29, 1.82) is 0 Å². The molecular weight excluding hydrogens is 114 g/mol. The van der Waals surface area contributed by atoms with Crippen LogP contribution in [0.1, 0.15) is 6.92 Å². The van der Waals surface area contributed by atoms with E-state index in [4.69, 9.17) is 0 Å². The van der Waals surface area contributed by atoms with Crippen LogP contribution in [-0.4, -0.2) is 22.5 Å². The normalized spacial score (nSPS) is 12.3. The maximum Gasteiger partial charge on any atom is 0.0909 e. The smallest absolute Gasteiger partial charge is 0.0909 e. The molecule has 0 saturated carbocycles. The van der Waals surface area contributed by atoms with Gasteiger partial charge in [-0.2, -0.15) is 0 Å². The molecular formula is C3H11NO2S. The lowest BCUT2D eigenvalue weighted by Gasteiger charge is -1.87. The maximum atomic E-state index is 10.2. The van der Waals surface area contributed by atoms with Crippen LogP contribution >= 0.6 is 0 Å². The zero-order valence-corrected chi connectivity index (χ0v) is 5.34. The molecule has 3 N–H and O–H groups in total. The average molecular weight is 125 g/mol. The third kappa shape index (κ3) is 6.07. The Morgan fingerprint density at radius 2 is 2.14 bits per heavy atom. The molecule has 0 rings (SSSR count). The van der Waals surface area contributed by atoms with Crippen molar-refractivity contribution in [2.45, 2.75) is 6.92 Å². The second kappa shape index (κ2) is 6.07. The van der Waals surface area contributed by atoms with Crippen molar-refractivity contribution >= 4 is 11.0 Å². The van der Waals surface area contributed by atoms with Crippen LogP contribution in [0.3, 0.4) is 0 Å². The Morgan fingerprint density at radius 3 is 2.14 bits per heavy atom. The molecule has 7 heavy (non-hydrogen) atoms. The van der Waals surface area contributed by atoms with E-state index in [1.807, 2.05) is 6.92 Å². The Bertz CT molecular complexity index is 50.9. The van der Waals surface area contributed by atoms with Crippen LogP contribution in [0.15, 0.2) is 0 Å². The number of hydrogen-bond acceptors (Lipinski definition) is 1. The molecule has 0 spiro atoms. The standard InChI is InChI=1S/C3H9NOS.H2O/c1-3-6(5)4-2;/h4H,3H2,1-2H3;1H2. The van der Waals surface area contributed by atoms with Gasteiger partial charge in [-0.3, -0.25) is 0 Å². The van der Waals surface area contributed by atoms with Crippen LogP contribution in [0, 0.1) is 0 Å². The molecule has 3 nitrogen and oxygen atoms in total. The van der Waals surface area contributed by atoms with Crippen LogP contribution in [0.2, 0.25) is 0 Å². The van der Waals surface area contributed by atoms with Gasteiger partial charge in [-0.25, -0.2) is 8.93 Å². The maximum absolute atomic E-state index is 10.2. The van der Waals surface area contributed by atoms with E-state index in [1.54, 1.807) is 7.05 Å². The van der Waals surface area contributed by atoms with E-state index in [9.17, 15) is 4.21 Å². The van der Waals surface area contributed by atoms with Crippen molar-refractivity contribution in [3.05, 3.63) is 0 Å². The van der Waals surface area contributed by atoms with Gasteiger partial charge in [0.1, 0.15) is 0 Å². The highest BCUT2D eigenvalue weighted by atomic mass is 32.2. The summed E-state index contributed by atoms with van der Waals surface area (Å²) in [5.41, 5.74) is 0. The lowest BCUT2D eigenvalue weighted by Crippen LogP contribution is -2.11. The van der Waals surface area contributed by atoms with Gasteiger partial charge in [-0.15, -0.1) is 0 Å². The highest BCUT2D eigenvalue weighted by Crippen LogP contribution is 1.65. The third-order valence-corrected chi connectivity index (χ3v) is 1.47. The molecule has 0 aromatic heterocycles. The molecule has 0 amide bonds. The summed E-state index contributed by atoms with van der Waals surface area (Å²) in [5.74, 6) is 0.691. The monoisotopic (exact) mass is 125 g/mol. The van der Waals surface area contributed by atoms with Crippen molar-refractivity contribution in [3.63, 3.8) is 0 Å². The molecule has 0 saturated heterocycles. The zero-order valence-electron chi connectivity index (χ0n) is 4.52. The van der Waals surface area contributed by atoms with Crippen molar-refractivity contribution < 1.29 is 9.69 Å². The molecule has 0 aromatic rings. The Hall–Kier alpha value is 0.0700. The van der Waals surface area contributed by atoms with Gasteiger partial charge in [0.25, 0.3) is 0 Å². The van der Waals surface area contributed by atoms with Crippen LogP contribution < -0.4 is 4.72 Å². The summed E-state index contributed by atoms with van der Waals surface area (Å²) < 4.78 is 12.8. The van der Waals surface area contributed by atoms with Crippen molar-refractivity contribution in [3.8, 4) is 0 Å². The van der Waals surface area contributed by atoms with E-state index in [2.05, 4.69) is 4.72 Å². The van der Waals surface area contributed by atoms with E-state index in [0.717, 1.165) is 0 Å². The van der Waals surface area contributed by atoms with E-state index in [1.165, 1.54) is 0 Å². The quantitative estimate of drug-likeness (QED) is 0.509. The lowest BCUT2D eigenvalue weighted by atomic mass is 11.0. The molecule has 0 aromatic carbocycles. The van der Waals surface area contributed by atoms with Gasteiger partial charge in [-0.1, -0.05) is 6.92 Å². The third-order valence-electron chi connectivity index (χ3n) is 0.490. The van der Waals surface area contributed by atoms with Crippen molar-refractivity contribution in [2.24, 2.45) is 0 Å². The molecule has 0 heterocycles. The first-order valence-electron chi connectivity index (χ1n) is 1.87. The second-order valence-electron chi connectivity index (χ2n) is 0.838. The fourth-order valence-corrected chi connectivity index (χ4v) is 0.433. The Labute approximate surface area is 46.0 Å². The number of nitrogens with one attached hydrogen (secondary N) is 1. The summed E-state index contributed by atoms with van der Waals surface area (Å²) in [6.07, 6.45) is 0. The zero-order chi connectivity index (χ0) is 4.99. The summed E-state index contributed by atoms with van der Waals surface area (Å²) in [6, 6.07) is 0. The molecule has 1 atom stereocenters. The largest absolute Gasteiger partial charge is 0.412 e. The van der Waals surface area contributed by atoms with Gasteiger partial charge < -0.3 is 5.48 Å². The van der Waals surface area contributed by atoms with Crippen molar-refractivity contribution in [1.82, 2.24) is 4.72 Å². The lowest BCUT2D eigenvalue weighted by molar-refractivity contribution is 0.679. The summed E-state index contributed by atoms with van der Waals surface area (Å²) in [6.45, 7) is 1.87. The molecule has 0 aliphatic carbocycles. The van der Waals surface area contributed by atoms with Gasteiger partial charge in [0.15, 0.2) is 0 Å². The Morgan fingerprint density at radius 1 is 1.71 bits per heavy atom.